The molecule has 5 rings (SSSR count). The van der Waals surface area contributed by atoms with Crippen LogP contribution in [0.15, 0.2) is 21.8 Å². The van der Waals surface area contributed by atoms with Gasteiger partial charge in [0.2, 0.25) is 0 Å². The van der Waals surface area contributed by atoms with E-state index in [1.807, 2.05) is 0 Å². The molecule has 0 saturated carbocycles. The third kappa shape index (κ3) is 4.55. The van der Waals surface area contributed by atoms with Crippen molar-refractivity contribution in [3.63, 3.8) is 0 Å². The molecule has 0 radical (unpaired) electrons. The summed E-state index contributed by atoms with van der Waals surface area (Å²) < 4.78 is 0. The van der Waals surface area contributed by atoms with E-state index in [4.69, 9.17) is 15.0 Å². The summed E-state index contributed by atoms with van der Waals surface area (Å²) in [6.45, 7) is 17.8. The zero-order chi connectivity index (χ0) is 25.7. The van der Waals surface area contributed by atoms with Crippen LogP contribution in [-0.2, 0) is 25.7 Å². The van der Waals surface area contributed by atoms with Gasteiger partial charge in [-0.15, -0.1) is 22.1 Å². The van der Waals surface area contributed by atoms with E-state index >= 15 is 0 Å². The number of nitrogens with one attached hydrogen (secondary N) is 1. The quantitative estimate of drug-likeness (QED) is 0.516. The minimum absolute atomic E-state index is 0. The topological polar surface area (TPSA) is 56.4 Å². The average molecular weight is 503 g/mol. The van der Waals surface area contributed by atoms with Crippen LogP contribution >= 0.6 is 0 Å². The van der Waals surface area contributed by atoms with Crippen molar-refractivity contribution >= 4 is 47.0 Å². The van der Waals surface area contributed by atoms with Crippen LogP contribution in [0.5, 0.6) is 0 Å². The molecule has 0 amide bonds. The zero-order valence-corrected chi connectivity index (χ0v) is 25.2. The summed E-state index contributed by atoms with van der Waals surface area (Å²) >= 11 is 0. The van der Waals surface area contributed by atoms with Gasteiger partial charge in [-0.05, 0) is 75.7 Å². The maximum absolute atomic E-state index is 5.18. The van der Waals surface area contributed by atoms with Gasteiger partial charge in [-0.25, -0.2) is 0 Å². The first kappa shape index (κ1) is 27.5. The van der Waals surface area contributed by atoms with Crippen LogP contribution in [-0.4, -0.2) is 33.7 Å². The van der Waals surface area contributed by atoms with E-state index in [9.17, 15) is 0 Å². The van der Waals surface area contributed by atoms with E-state index in [0.717, 1.165) is 59.9 Å². The predicted molar refractivity (Wildman–Crippen MR) is 157 cm³/mol. The largest absolute Gasteiger partial charge is 2.00 e. The standard InChI is InChI=1S/C32H38N4.Mg/c1-9-21-17(5)25-14-30-23(11-3)19(7)27(35-30)16-32-24(12-4)20(8)28(36-32)15-31-22(10-2)18(6)26(34-31)13-29(21)33-25;/h13-15,36H,9-12,16H2,1-8H3;/q-2;+2. The van der Waals surface area contributed by atoms with Gasteiger partial charge in [0, 0.05) is 17.8 Å². The van der Waals surface area contributed by atoms with Crippen LogP contribution in [0.2, 0.25) is 0 Å². The molecule has 0 aliphatic carbocycles. The second kappa shape index (κ2) is 10.7. The second-order valence-corrected chi connectivity index (χ2v) is 10.2. The SMILES string of the molecule is CCC1=C(C)C2=NC1=Cc1[n-]c(c(CC)c1C)C=c1[n-]c(c(CC)c1C)=Cc1[nH]c(c(CC)c1C)C2.[Mg+2]. The molecular formula is C32H38MgN4. The van der Waals surface area contributed by atoms with E-state index in [0.29, 0.717) is 0 Å². The fourth-order valence-corrected chi connectivity index (χ4v) is 6.13. The third-order valence-corrected chi connectivity index (χ3v) is 8.32. The van der Waals surface area contributed by atoms with Crippen molar-refractivity contribution in [3.8, 4) is 0 Å². The Labute approximate surface area is 237 Å². The summed E-state index contributed by atoms with van der Waals surface area (Å²) in [5, 5.41) is 2.10. The van der Waals surface area contributed by atoms with Gasteiger partial charge in [0.05, 0.1) is 11.4 Å². The summed E-state index contributed by atoms with van der Waals surface area (Å²) in [5.41, 5.74) is 17.2. The van der Waals surface area contributed by atoms with Crippen molar-refractivity contribution in [3.05, 3.63) is 83.7 Å². The number of nitrogens with zero attached hydrogens (tertiary/aromatic N) is 3. The Morgan fingerprint density at radius 2 is 1.43 bits per heavy atom. The number of aromatic nitrogens is 3. The molecule has 5 heterocycles. The minimum Gasteiger partial charge on any atom is -0.657 e. The van der Waals surface area contributed by atoms with E-state index in [1.54, 1.807) is 0 Å². The zero-order valence-electron chi connectivity index (χ0n) is 23.8. The Bertz CT molecular complexity index is 1580. The van der Waals surface area contributed by atoms with E-state index < -0.39 is 0 Å². The van der Waals surface area contributed by atoms with Gasteiger partial charge in [-0.3, -0.25) is 4.99 Å². The van der Waals surface area contributed by atoms with Crippen molar-refractivity contribution in [2.45, 2.75) is 87.5 Å². The monoisotopic (exact) mass is 502 g/mol. The summed E-state index contributed by atoms with van der Waals surface area (Å²) in [4.78, 5) is 19.2. The Morgan fingerprint density at radius 1 is 0.730 bits per heavy atom. The van der Waals surface area contributed by atoms with Crippen molar-refractivity contribution in [1.29, 1.82) is 0 Å². The Kier molecular flexibility index (Phi) is 7.96. The molecule has 0 fully saturated rings. The molecule has 5 heteroatoms. The molecule has 0 saturated heterocycles. The molecule has 188 valence electrons. The van der Waals surface area contributed by atoms with Crippen LogP contribution in [0.4, 0.5) is 0 Å². The van der Waals surface area contributed by atoms with Crippen molar-refractivity contribution in [2.24, 2.45) is 4.99 Å². The van der Waals surface area contributed by atoms with Crippen molar-refractivity contribution in [1.82, 2.24) is 15.0 Å². The van der Waals surface area contributed by atoms with Gasteiger partial charge in [-0.2, -0.15) is 0 Å². The molecule has 4 nitrogen and oxygen atoms in total. The number of rotatable bonds is 4. The maximum Gasteiger partial charge on any atom is 2.00 e. The molecular weight excluding hydrogens is 465 g/mol. The van der Waals surface area contributed by atoms with Crippen LogP contribution in [0.3, 0.4) is 0 Å². The number of fused-ring (bicyclic) bond motifs is 7. The van der Waals surface area contributed by atoms with Gasteiger partial charge in [0.25, 0.3) is 0 Å². The average Bonchev–Trinajstić information content (AvgIpc) is 3.51. The molecule has 0 spiro atoms. The fourth-order valence-electron chi connectivity index (χ4n) is 6.13. The van der Waals surface area contributed by atoms with Gasteiger partial charge in [0.1, 0.15) is 0 Å². The smallest absolute Gasteiger partial charge is 0.657 e. The Hall–Kier alpha value is -2.50. The normalized spacial score (nSPS) is 14.7. The number of allylic oxidation sites excluding steroid dienone is 2. The molecule has 3 aromatic heterocycles. The Morgan fingerprint density at radius 3 is 2.08 bits per heavy atom. The molecule has 0 aromatic carbocycles. The van der Waals surface area contributed by atoms with E-state index in [-0.39, 0.29) is 23.1 Å². The maximum atomic E-state index is 5.18. The molecule has 2 aliphatic rings. The summed E-state index contributed by atoms with van der Waals surface area (Å²) in [6.07, 6.45) is 11.3. The number of H-pyrrole nitrogens is 1. The number of aliphatic imine (C=N–C) groups is 1. The molecule has 37 heavy (non-hydrogen) atoms. The fraction of sp³-hybridized carbons (Fsp3) is 0.406. The number of aromatic amines is 1. The first-order valence-electron chi connectivity index (χ1n) is 13.5. The van der Waals surface area contributed by atoms with Gasteiger partial charge < -0.3 is 15.0 Å². The van der Waals surface area contributed by atoms with Crippen molar-refractivity contribution in [2.75, 3.05) is 0 Å². The molecule has 1 N–H and O–H groups in total. The minimum atomic E-state index is 0. The summed E-state index contributed by atoms with van der Waals surface area (Å²) in [7, 11) is 0. The van der Waals surface area contributed by atoms with Crippen LogP contribution in [0.25, 0.3) is 18.2 Å². The molecule has 0 atom stereocenters. The second-order valence-electron chi connectivity index (χ2n) is 10.2. The Balaban J connectivity index is 0.00000320. The molecule has 3 aromatic rings. The van der Waals surface area contributed by atoms with Gasteiger partial charge >= 0.3 is 23.1 Å². The third-order valence-electron chi connectivity index (χ3n) is 8.32. The first-order chi connectivity index (χ1) is 17.3. The van der Waals surface area contributed by atoms with E-state index in [1.165, 1.54) is 61.6 Å². The van der Waals surface area contributed by atoms with Gasteiger partial charge in [0.15, 0.2) is 0 Å². The molecule has 2 aliphatic heterocycles. The molecule has 0 unspecified atom stereocenters. The molecule has 8 bridgehead atoms. The number of hydrogen-bond donors (Lipinski definition) is 1. The van der Waals surface area contributed by atoms with Crippen LogP contribution in [0, 0.1) is 20.8 Å². The summed E-state index contributed by atoms with van der Waals surface area (Å²) in [6, 6.07) is 0. The number of hydrogen-bond acceptors (Lipinski definition) is 1. The predicted octanol–water partition coefficient (Wildman–Crippen LogP) is 4.90. The van der Waals surface area contributed by atoms with E-state index in [2.05, 4.69) is 78.6 Å². The van der Waals surface area contributed by atoms with Crippen molar-refractivity contribution < 1.29 is 0 Å². The van der Waals surface area contributed by atoms with Gasteiger partial charge in [-0.1, -0.05) is 68.2 Å². The van der Waals surface area contributed by atoms with Crippen LogP contribution < -0.4 is 20.7 Å². The summed E-state index contributed by atoms with van der Waals surface area (Å²) in [5.74, 6) is 0. The first-order valence-corrected chi connectivity index (χ1v) is 13.5. The van der Waals surface area contributed by atoms with Crippen LogP contribution in [0.1, 0.15) is 97.2 Å².